The molecule has 0 spiro atoms. The lowest BCUT2D eigenvalue weighted by molar-refractivity contribution is 0.0954. The molecule has 7 nitrogen and oxygen atoms in total. The molecule has 2 aromatic heterocycles. The van der Waals surface area contributed by atoms with E-state index >= 15 is 0 Å². The smallest absolute Gasteiger partial charge is 0.258 e. The number of aryl methyl sites for hydroxylation is 2. The molecule has 0 saturated heterocycles. The Labute approximate surface area is 167 Å². The van der Waals surface area contributed by atoms with Crippen molar-refractivity contribution >= 4 is 16.8 Å². The number of fused-ring (bicyclic) bond motifs is 1. The molecule has 29 heavy (non-hydrogen) atoms. The van der Waals surface area contributed by atoms with E-state index in [0.717, 1.165) is 17.1 Å². The minimum Gasteiger partial charge on any atom is -0.352 e. The van der Waals surface area contributed by atoms with Crippen LogP contribution in [-0.4, -0.2) is 32.2 Å². The van der Waals surface area contributed by atoms with Crippen LogP contribution in [0.3, 0.4) is 0 Å². The highest BCUT2D eigenvalue weighted by Crippen LogP contribution is 2.13. The summed E-state index contributed by atoms with van der Waals surface area (Å²) in [4.78, 5) is 31.7. The van der Waals surface area contributed by atoms with Crippen molar-refractivity contribution in [1.82, 2.24) is 25.1 Å². The Morgan fingerprint density at radius 2 is 1.86 bits per heavy atom. The van der Waals surface area contributed by atoms with Gasteiger partial charge in [-0.05, 0) is 56.3 Å². The van der Waals surface area contributed by atoms with Crippen molar-refractivity contribution in [3.63, 3.8) is 0 Å². The SMILES string of the molecule is Cc1cc(C)n(-c2ccc(C(=O)NCCc3nc4ccccc4c(=O)[nH]3)cc2)n1. The quantitative estimate of drug-likeness (QED) is 0.551. The fourth-order valence-corrected chi connectivity index (χ4v) is 3.29. The van der Waals surface area contributed by atoms with E-state index in [1.807, 2.05) is 42.8 Å². The van der Waals surface area contributed by atoms with Crippen LogP contribution in [-0.2, 0) is 6.42 Å². The maximum atomic E-state index is 12.4. The maximum absolute atomic E-state index is 12.4. The Morgan fingerprint density at radius 3 is 2.59 bits per heavy atom. The Bertz CT molecular complexity index is 1240. The Kier molecular flexibility index (Phi) is 4.95. The van der Waals surface area contributed by atoms with Gasteiger partial charge < -0.3 is 10.3 Å². The number of para-hydroxylation sites is 1. The monoisotopic (exact) mass is 387 g/mol. The third kappa shape index (κ3) is 3.94. The Balaban J connectivity index is 1.40. The molecule has 1 amide bonds. The first-order valence-corrected chi connectivity index (χ1v) is 9.41. The number of hydrogen-bond acceptors (Lipinski definition) is 4. The highest BCUT2D eigenvalue weighted by molar-refractivity contribution is 5.94. The summed E-state index contributed by atoms with van der Waals surface area (Å²) in [5.41, 5.74) is 3.94. The number of benzene rings is 2. The van der Waals surface area contributed by atoms with Crippen LogP contribution in [0.25, 0.3) is 16.6 Å². The van der Waals surface area contributed by atoms with Gasteiger partial charge in [0.25, 0.3) is 11.5 Å². The van der Waals surface area contributed by atoms with Gasteiger partial charge in [0.1, 0.15) is 5.82 Å². The van der Waals surface area contributed by atoms with Crippen molar-refractivity contribution in [2.45, 2.75) is 20.3 Å². The zero-order valence-electron chi connectivity index (χ0n) is 16.3. The summed E-state index contributed by atoms with van der Waals surface area (Å²) in [5, 5.41) is 7.87. The molecule has 0 saturated carbocycles. The minimum absolute atomic E-state index is 0.170. The van der Waals surface area contributed by atoms with Crippen molar-refractivity contribution < 1.29 is 4.79 Å². The molecule has 0 unspecified atom stereocenters. The third-order valence-corrected chi connectivity index (χ3v) is 4.69. The molecule has 2 heterocycles. The number of carbonyl (C=O) groups excluding carboxylic acids is 1. The molecule has 4 rings (SSSR count). The first-order chi connectivity index (χ1) is 14.0. The largest absolute Gasteiger partial charge is 0.352 e. The second-order valence-corrected chi connectivity index (χ2v) is 6.92. The summed E-state index contributed by atoms with van der Waals surface area (Å²) in [7, 11) is 0. The van der Waals surface area contributed by atoms with E-state index in [9.17, 15) is 9.59 Å². The lowest BCUT2D eigenvalue weighted by Gasteiger charge is -2.08. The number of amides is 1. The van der Waals surface area contributed by atoms with Crippen LogP contribution in [0.4, 0.5) is 0 Å². The average Bonchev–Trinajstić information content (AvgIpc) is 3.06. The van der Waals surface area contributed by atoms with Crippen LogP contribution in [0.2, 0.25) is 0 Å². The normalized spacial score (nSPS) is 11.0. The average molecular weight is 387 g/mol. The zero-order chi connectivity index (χ0) is 20.4. The lowest BCUT2D eigenvalue weighted by atomic mass is 10.2. The number of hydrogen-bond donors (Lipinski definition) is 2. The molecule has 4 aromatic rings. The first kappa shape index (κ1) is 18.6. The summed E-state index contributed by atoms with van der Waals surface area (Å²) >= 11 is 0. The van der Waals surface area contributed by atoms with E-state index in [4.69, 9.17) is 0 Å². The van der Waals surface area contributed by atoms with Crippen molar-refractivity contribution in [3.8, 4) is 5.69 Å². The van der Waals surface area contributed by atoms with E-state index in [1.165, 1.54) is 0 Å². The van der Waals surface area contributed by atoms with E-state index in [0.29, 0.717) is 35.3 Å². The van der Waals surface area contributed by atoms with Crippen molar-refractivity contribution in [2.75, 3.05) is 6.54 Å². The van der Waals surface area contributed by atoms with Crippen molar-refractivity contribution in [3.05, 3.63) is 87.7 Å². The van der Waals surface area contributed by atoms with Gasteiger partial charge in [-0.25, -0.2) is 9.67 Å². The van der Waals surface area contributed by atoms with Crippen LogP contribution in [0.5, 0.6) is 0 Å². The van der Waals surface area contributed by atoms with Gasteiger partial charge in [-0.1, -0.05) is 12.1 Å². The van der Waals surface area contributed by atoms with E-state index in [2.05, 4.69) is 20.4 Å². The van der Waals surface area contributed by atoms with Crippen LogP contribution in [0, 0.1) is 13.8 Å². The van der Waals surface area contributed by atoms with Crippen LogP contribution in [0.15, 0.2) is 59.4 Å². The maximum Gasteiger partial charge on any atom is 0.258 e. The summed E-state index contributed by atoms with van der Waals surface area (Å²) in [5.74, 6) is 0.377. The summed E-state index contributed by atoms with van der Waals surface area (Å²) in [6.45, 7) is 4.31. The van der Waals surface area contributed by atoms with Gasteiger partial charge in [0.15, 0.2) is 0 Å². The number of carbonyl (C=O) groups is 1. The molecule has 2 aromatic carbocycles. The molecule has 0 bridgehead atoms. The van der Waals surface area contributed by atoms with Gasteiger partial charge in [-0.15, -0.1) is 0 Å². The second kappa shape index (κ2) is 7.71. The fourth-order valence-electron chi connectivity index (χ4n) is 3.29. The molecule has 0 atom stereocenters. The van der Waals surface area contributed by atoms with Crippen LogP contribution in [0.1, 0.15) is 27.6 Å². The van der Waals surface area contributed by atoms with Crippen molar-refractivity contribution in [1.29, 1.82) is 0 Å². The molecular weight excluding hydrogens is 366 g/mol. The number of nitrogens with zero attached hydrogens (tertiary/aromatic N) is 3. The van der Waals surface area contributed by atoms with E-state index in [1.54, 1.807) is 30.3 Å². The van der Waals surface area contributed by atoms with Gasteiger partial charge in [0, 0.05) is 24.2 Å². The van der Waals surface area contributed by atoms with Gasteiger partial charge >= 0.3 is 0 Å². The van der Waals surface area contributed by atoms with Crippen molar-refractivity contribution in [2.24, 2.45) is 0 Å². The molecule has 0 aliphatic rings. The lowest BCUT2D eigenvalue weighted by Crippen LogP contribution is -2.26. The second-order valence-electron chi connectivity index (χ2n) is 6.92. The number of H-pyrrole nitrogens is 1. The van der Waals surface area contributed by atoms with E-state index < -0.39 is 0 Å². The van der Waals surface area contributed by atoms with Gasteiger partial charge in [0.2, 0.25) is 0 Å². The number of rotatable bonds is 5. The summed E-state index contributed by atoms with van der Waals surface area (Å²) in [6.07, 6.45) is 0.440. The summed E-state index contributed by atoms with van der Waals surface area (Å²) in [6, 6.07) is 16.5. The standard InChI is InChI=1S/C22H21N5O2/c1-14-13-15(2)27(26-14)17-9-7-16(8-10-17)21(28)23-12-11-20-24-19-6-4-3-5-18(19)22(29)25-20/h3-10,13H,11-12H2,1-2H3,(H,23,28)(H,24,25,29). The highest BCUT2D eigenvalue weighted by Gasteiger charge is 2.09. The molecule has 7 heteroatoms. The van der Waals surface area contributed by atoms with Gasteiger partial charge in [-0.3, -0.25) is 9.59 Å². The molecular formula is C22H21N5O2. The fraction of sp³-hybridized carbons (Fsp3) is 0.182. The molecule has 2 N–H and O–H groups in total. The molecule has 0 aliphatic heterocycles. The number of aromatic amines is 1. The number of aromatic nitrogens is 4. The summed E-state index contributed by atoms with van der Waals surface area (Å²) < 4.78 is 1.85. The Morgan fingerprint density at radius 1 is 1.10 bits per heavy atom. The predicted octanol–water partition coefficient (Wildman–Crippen LogP) is 2.70. The van der Waals surface area contributed by atoms with E-state index in [-0.39, 0.29) is 11.5 Å². The molecule has 0 radical (unpaired) electrons. The predicted molar refractivity (Wildman–Crippen MR) is 111 cm³/mol. The number of nitrogens with one attached hydrogen (secondary N) is 2. The zero-order valence-corrected chi connectivity index (χ0v) is 16.3. The van der Waals surface area contributed by atoms with Gasteiger partial charge in [-0.2, -0.15) is 5.10 Å². The third-order valence-electron chi connectivity index (χ3n) is 4.69. The van der Waals surface area contributed by atoms with Crippen LogP contribution >= 0.6 is 0 Å². The molecule has 0 aliphatic carbocycles. The molecule has 146 valence electrons. The first-order valence-electron chi connectivity index (χ1n) is 9.41. The van der Waals surface area contributed by atoms with Crippen LogP contribution < -0.4 is 10.9 Å². The van der Waals surface area contributed by atoms with Gasteiger partial charge in [0.05, 0.1) is 22.3 Å². The minimum atomic E-state index is -0.173. The topological polar surface area (TPSA) is 92.7 Å². The highest BCUT2D eigenvalue weighted by atomic mass is 16.1. The molecule has 0 fully saturated rings. The Hall–Kier alpha value is -3.74.